The summed E-state index contributed by atoms with van der Waals surface area (Å²) in [6, 6.07) is 6.16. The first-order valence-electron chi connectivity index (χ1n) is 14.3. The Balaban J connectivity index is 1.30. The summed E-state index contributed by atoms with van der Waals surface area (Å²) in [5, 5.41) is 14.2. The first-order chi connectivity index (χ1) is 20.0. The number of fused-ring (bicyclic) bond motifs is 1. The molecule has 0 radical (unpaired) electrons. The van der Waals surface area contributed by atoms with Crippen LogP contribution in [0.3, 0.4) is 0 Å². The lowest BCUT2D eigenvalue weighted by Gasteiger charge is -2.22. The lowest BCUT2D eigenvalue weighted by Crippen LogP contribution is -2.23. The van der Waals surface area contributed by atoms with E-state index in [2.05, 4.69) is 66.8 Å². The first kappa shape index (κ1) is 26.5. The number of allylic oxidation sites excluding steroid dienone is 2. The summed E-state index contributed by atoms with van der Waals surface area (Å²) in [4.78, 5) is 16.9. The second-order valence-electron chi connectivity index (χ2n) is 11.0. The molecule has 0 bridgehead atoms. The van der Waals surface area contributed by atoms with Crippen molar-refractivity contribution in [3.05, 3.63) is 90.0 Å². The largest absolute Gasteiger partial charge is 0.358 e. The number of pyridine rings is 2. The molecule has 8 nitrogen and oxygen atoms in total. The molecule has 0 aliphatic heterocycles. The smallest absolute Gasteiger partial charge is 0.139 e. The molecule has 1 aliphatic carbocycles. The van der Waals surface area contributed by atoms with Gasteiger partial charge in [-0.2, -0.15) is 5.10 Å². The van der Waals surface area contributed by atoms with Crippen molar-refractivity contribution in [2.45, 2.75) is 52.4 Å². The normalized spacial score (nSPS) is 15.1. The third-order valence-corrected chi connectivity index (χ3v) is 7.88. The van der Waals surface area contributed by atoms with Crippen molar-refractivity contribution in [1.29, 1.82) is 0 Å². The zero-order valence-electron chi connectivity index (χ0n) is 23.7. The summed E-state index contributed by atoms with van der Waals surface area (Å²) in [5.74, 6) is 0.728. The number of aromatic amines is 2. The van der Waals surface area contributed by atoms with Crippen LogP contribution >= 0.6 is 0 Å². The van der Waals surface area contributed by atoms with Gasteiger partial charge in [0, 0.05) is 40.5 Å². The number of H-pyrrole nitrogens is 2. The van der Waals surface area contributed by atoms with Crippen LogP contribution < -0.4 is 15.9 Å². The number of aryl methyl sites for hydroxylation is 1. The Hall–Kier alpha value is -4.72. The molecule has 0 unspecified atom stereocenters. The van der Waals surface area contributed by atoms with Crippen LogP contribution in [0.4, 0.5) is 5.69 Å². The van der Waals surface area contributed by atoms with Crippen LogP contribution in [0.5, 0.6) is 0 Å². The van der Waals surface area contributed by atoms with Gasteiger partial charge in [-0.05, 0) is 56.0 Å². The van der Waals surface area contributed by atoms with Crippen molar-refractivity contribution in [3.63, 3.8) is 0 Å². The number of hydrogen-bond donors (Lipinski definition) is 3. The summed E-state index contributed by atoms with van der Waals surface area (Å²) in [6.07, 6.45) is 21.0. The van der Waals surface area contributed by atoms with Crippen LogP contribution in [0.25, 0.3) is 45.8 Å². The summed E-state index contributed by atoms with van der Waals surface area (Å²) in [7, 11) is 0. The lowest BCUT2D eigenvalue weighted by molar-refractivity contribution is 0.357. The van der Waals surface area contributed by atoms with Gasteiger partial charge in [-0.3, -0.25) is 10.1 Å². The van der Waals surface area contributed by atoms with Gasteiger partial charge in [-0.15, -0.1) is 0 Å². The van der Waals surface area contributed by atoms with Crippen LogP contribution in [-0.2, 0) is 0 Å². The molecule has 5 aromatic rings. The van der Waals surface area contributed by atoms with Crippen molar-refractivity contribution < 1.29 is 0 Å². The average Bonchev–Trinajstić information content (AvgIpc) is 3.71. The lowest BCUT2D eigenvalue weighted by atomic mass is 9.86. The van der Waals surface area contributed by atoms with Gasteiger partial charge in [0.25, 0.3) is 0 Å². The molecule has 41 heavy (non-hydrogen) atoms. The highest BCUT2D eigenvalue weighted by atomic mass is 15.1. The van der Waals surface area contributed by atoms with E-state index in [1.807, 2.05) is 55.5 Å². The van der Waals surface area contributed by atoms with Gasteiger partial charge in [-0.25, -0.2) is 9.97 Å². The van der Waals surface area contributed by atoms with Crippen molar-refractivity contribution in [3.8, 4) is 17.1 Å². The Labute approximate surface area is 239 Å². The number of rotatable bonds is 8. The highest BCUT2D eigenvalue weighted by molar-refractivity contribution is 5.91. The molecule has 3 N–H and O–H groups in total. The molecule has 0 atom stereocenters. The molecule has 0 spiro atoms. The van der Waals surface area contributed by atoms with Gasteiger partial charge >= 0.3 is 0 Å². The monoisotopic (exact) mass is 544 g/mol. The second-order valence-corrected chi connectivity index (χ2v) is 11.0. The Bertz CT molecular complexity index is 1850. The standard InChI is InChI=1S/C33H36N8/c1-5-29-27(13-21(2)25-15-26(18-34-17-25)37-22(3)14-24-9-7-6-8-10-24)32(40-39-29)30-16-28-31(11-12-35-33(28)38-30)41-19-23(4)36-20-41/h5,11-13,15-20,24,37,39H,2-3,6-10,14H2,1,4H3,(H,35,38)/b27-13+,29-5+. The molecule has 5 heterocycles. The predicted molar refractivity (Wildman–Crippen MR) is 167 cm³/mol. The van der Waals surface area contributed by atoms with Crippen LogP contribution in [0.15, 0.2) is 68.2 Å². The van der Waals surface area contributed by atoms with E-state index in [9.17, 15) is 0 Å². The van der Waals surface area contributed by atoms with Crippen molar-refractivity contribution in [2.24, 2.45) is 5.92 Å². The van der Waals surface area contributed by atoms with Crippen LogP contribution in [-0.4, -0.2) is 34.7 Å². The zero-order chi connectivity index (χ0) is 28.3. The summed E-state index contributed by atoms with van der Waals surface area (Å²) >= 11 is 0. The highest BCUT2D eigenvalue weighted by Crippen LogP contribution is 2.29. The van der Waals surface area contributed by atoms with Gasteiger partial charge in [0.05, 0.1) is 40.6 Å². The van der Waals surface area contributed by atoms with E-state index >= 15 is 0 Å². The van der Waals surface area contributed by atoms with Gasteiger partial charge in [-0.1, -0.05) is 51.3 Å². The van der Waals surface area contributed by atoms with Gasteiger partial charge in [0.2, 0.25) is 0 Å². The van der Waals surface area contributed by atoms with E-state index in [-0.39, 0.29) is 0 Å². The Morgan fingerprint density at radius 1 is 1.15 bits per heavy atom. The molecule has 1 fully saturated rings. The topological polar surface area (TPSA) is 100 Å². The van der Waals surface area contributed by atoms with Crippen molar-refractivity contribution in [2.75, 3.05) is 5.32 Å². The predicted octanol–water partition coefficient (Wildman–Crippen LogP) is 6.03. The summed E-state index contributed by atoms with van der Waals surface area (Å²) in [5.41, 5.74) is 8.17. The van der Waals surface area contributed by atoms with Crippen LogP contribution in [0, 0.1) is 12.8 Å². The van der Waals surface area contributed by atoms with Gasteiger partial charge in [0.1, 0.15) is 11.3 Å². The number of hydrogen-bond acceptors (Lipinski definition) is 5. The summed E-state index contributed by atoms with van der Waals surface area (Å²) in [6.45, 7) is 12.7. The van der Waals surface area contributed by atoms with E-state index in [0.717, 1.165) is 79.2 Å². The minimum Gasteiger partial charge on any atom is -0.358 e. The average molecular weight is 545 g/mol. The van der Waals surface area contributed by atoms with E-state index in [1.165, 1.54) is 32.1 Å². The Morgan fingerprint density at radius 3 is 2.78 bits per heavy atom. The number of nitrogens with zero attached hydrogens (tertiary/aromatic N) is 5. The van der Waals surface area contributed by atoms with E-state index in [0.29, 0.717) is 0 Å². The van der Waals surface area contributed by atoms with Gasteiger partial charge in [0.15, 0.2) is 0 Å². The molecular weight excluding hydrogens is 508 g/mol. The number of imidazole rings is 1. The van der Waals surface area contributed by atoms with E-state index in [4.69, 9.17) is 0 Å². The number of anilines is 1. The highest BCUT2D eigenvalue weighted by Gasteiger charge is 2.16. The first-order valence-corrected chi connectivity index (χ1v) is 14.3. The van der Waals surface area contributed by atoms with Crippen LogP contribution in [0.1, 0.15) is 56.7 Å². The fraction of sp³-hybridized carbons (Fsp3) is 0.273. The Kier molecular flexibility index (Phi) is 7.37. The molecule has 0 aromatic carbocycles. The fourth-order valence-corrected chi connectivity index (χ4v) is 5.79. The number of aromatic nitrogens is 7. The SMILES string of the molecule is C=C(CC1CCCCC1)Nc1cncc(C(=C)/C=c2/c(-c3cc4c(-n5cnc(C)c5)ccnc4[nH]3)n[nH]/c2=C/C)c1. The molecule has 0 saturated heterocycles. The van der Waals surface area contributed by atoms with Gasteiger partial charge < -0.3 is 14.9 Å². The third-order valence-electron chi connectivity index (χ3n) is 7.88. The molecule has 0 amide bonds. The maximum atomic E-state index is 4.67. The molecule has 1 aliphatic rings. The quantitative estimate of drug-likeness (QED) is 0.221. The fourth-order valence-electron chi connectivity index (χ4n) is 5.79. The van der Waals surface area contributed by atoms with E-state index < -0.39 is 0 Å². The third kappa shape index (κ3) is 5.63. The summed E-state index contributed by atoms with van der Waals surface area (Å²) < 4.78 is 2.01. The van der Waals surface area contributed by atoms with Crippen molar-refractivity contribution in [1.82, 2.24) is 34.7 Å². The van der Waals surface area contributed by atoms with Crippen LogP contribution in [0.2, 0.25) is 0 Å². The Morgan fingerprint density at radius 2 is 2.00 bits per heavy atom. The minimum absolute atomic E-state index is 0.728. The maximum absolute atomic E-state index is 4.67. The molecular formula is C33H36N8. The van der Waals surface area contributed by atoms with Crippen molar-refractivity contribution >= 4 is 34.4 Å². The number of nitrogens with one attached hydrogen (secondary N) is 3. The second kappa shape index (κ2) is 11.4. The molecule has 1 saturated carbocycles. The maximum Gasteiger partial charge on any atom is 0.139 e. The minimum atomic E-state index is 0.728. The van der Waals surface area contributed by atoms with E-state index in [1.54, 1.807) is 6.20 Å². The molecule has 6 rings (SSSR count). The zero-order valence-corrected chi connectivity index (χ0v) is 23.7. The molecule has 8 heteroatoms. The molecule has 5 aromatic heterocycles. The molecule has 208 valence electrons.